The molecule has 1 aromatic heterocycles. The van der Waals surface area contributed by atoms with Gasteiger partial charge < -0.3 is 17.0 Å². The molecule has 2 heteroatoms. The lowest BCUT2D eigenvalue weighted by Crippen LogP contribution is -3.00. The largest absolute Gasteiger partial charge is 1.00 e. The van der Waals surface area contributed by atoms with Crippen molar-refractivity contribution in [3.05, 3.63) is 89.2 Å². The molecule has 0 radical (unpaired) electrons. The molecule has 22 heavy (non-hydrogen) atoms. The molecule has 0 bridgehead atoms. The van der Waals surface area contributed by atoms with Crippen molar-refractivity contribution in [1.82, 2.24) is 0 Å². The van der Waals surface area contributed by atoms with E-state index in [1.807, 2.05) is 0 Å². The number of nitrogens with zero attached hydrogens (tertiary/aromatic N) is 1. The lowest BCUT2D eigenvalue weighted by molar-refractivity contribution is -0.694. The topological polar surface area (TPSA) is 3.88 Å². The predicted octanol–water partition coefficient (Wildman–Crippen LogP) is 0.906. The summed E-state index contributed by atoms with van der Waals surface area (Å²) in [6.45, 7) is 3.16. The molecule has 0 unspecified atom stereocenters. The summed E-state index contributed by atoms with van der Waals surface area (Å²) >= 11 is 0. The summed E-state index contributed by atoms with van der Waals surface area (Å²) in [5.41, 5.74) is 8.46. The second kappa shape index (κ2) is 6.05. The van der Waals surface area contributed by atoms with E-state index in [0.717, 1.165) is 13.0 Å². The maximum absolute atomic E-state index is 2.40. The van der Waals surface area contributed by atoms with Crippen molar-refractivity contribution in [2.45, 2.75) is 19.9 Å². The smallest absolute Gasteiger partial charge is 0.194 e. The molecule has 1 aliphatic carbocycles. The summed E-state index contributed by atoms with van der Waals surface area (Å²) in [4.78, 5) is 0. The van der Waals surface area contributed by atoms with Gasteiger partial charge in [0.1, 0.15) is 0 Å². The third kappa shape index (κ3) is 2.48. The summed E-state index contributed by atoms with van der Waals surface area (Å²) in [5.74, 6) is 0. The molecular weight excluding hydrogens is 334 g/mol. The van der Waals surface area contributed by atoms with Crippen LogP contribution in [-0.2, 0) is 13.0 Å². The van der Waals surface area contributed by atoms with Crippen LogP contribution in [0.15, 0.2) is 66.9 Å². The van der Waals surface area contributed by atoms with E-state index in [1.165, 1.54) is 33.5 Å². The highest BCUT2D eigenvalue weighted by Crippen LogP contribution is 2.36. The normalized spacial score (nSPS) is 11.5. The minimum atomic E-state index is 0. The fourth-order valence-corrected chi connectivity index (χ4v) is 3.33. The minimum absolute atomic E-state index is 0. The van der Waals surface area contributed by atoms with E-state index in [-0.39, 0.29) is 17.0 Å². The van der Waals surface area contributed by atoms with Gasteiger partial charge in [-0.15, -0.1) is 0 Å². The highest BCUT2D eigenvalue weighted by molar-refractivity contribution is 5.76. The fraction of sp³-hybridized carbons (Fsp3) is 0.150. The zero-order chi connectivity index (χ0) is 14.2. The van der Waals surface area contributed by atoms with Crippen molar-refractivity contribution >= 4 is 0 Å². The molecule has 2 aromatic carbocycles. The zero-order valence-corrected chi connectivity index (χ0v) is 14.2. The van der Waals surface area contributed by atoms with Gasteiger partial charge in [-0.3, -0.25) is 0 Å². The molecule has 0 N–H and O–H groups in total. The van der Waals surface area contributed by atoms with Crippen molar-refractivity contribution in [3.63, 3.8) is 0 Å². The first-order valence-electron chi connectivity index (χ1n) is 7.47. The Morgan fingerprint density at radius 1 is 0.909 bits per heavy atom. The number of aryl methyl sites for hydroxylation is 1. The summed E-state index contributed by atoms with van der Waals surface area (Å²) in [7, 11) is 0. The summed E-state index contributed by atoms with van der Waals surface area (Å²) in [6.07, 6.45) is 3.27. The second-order valence-corrected chi connectivity index (χ2v) is 5.77. The van der Waals surface area contributed by atoms with Crippen LogP contribution < -0.4 is 21.5 Å². The Kier molecular flexibility index (Phi) is 4.12. The lowest BCUT2D eigenvalue weighted by atomic mass is 10.0. The third-order valence-corrected chi connectivity index (χ3v) is 4.37. The number of fused-ring (bicyclic) bond motifs is 3. The van der Waals surface area contributed by atoms with Crippen LogP contribution in [0.25, 0.3) is 11.1 Å². The van der Waals surface area contributed by atoms with Crippen LogP contribution in [0.2, 0.25) is 0 Å². The van der Waals surface area contributed by atoms with Crippen molar-refractivity contribution < 1.29 is 21.5 Å². The molecule has 0 atom stereocenters. The molecule has 4 rings (SSSR count). The van der Waals surface area contributed by atoms with E-state index in [9.17, 15) is 0 Å². The van der Waals surface area contributed by atoms with Crippen LogP contribution in [0.1, 0.15) is 22.4 Å². The number of rotatable bonds is 2. The van der Waals surface area contributed by atoms with Crippen LogP contribution in [-0.4, -0.2) is 0 Å². The Morgan fingerprint density at radius 3 is 2.45 bits per heavy atom. The van der Waals surface area contributed by atoms with Gasteiger partial charge in [0.25, 0.3) is 0 Å². The van der Waals surface area contributed by atoms with Gasteiger partial charge in [-0.05, 0) is 23.6 Å². The number of pyridine rings is 1. The van der Waals surface area contributed by atoms with E-state index in [2.05, 4.69) is 78.4 Å². The average molecular weight is 352 g/mol. The monoisotopic (exact) mass is 351 g/mol. The Bertz CT molecular complexity index is 809. The van der Waals surface area contributed by atoms with E-state index < -0.39 is 0 Å². The Morgan fingerprint density at radius 2 is 1.64 bits per heavy atom. The van der Waals surface area contributed by atoms with Crippen LogP contribution in [0.3, 0.4) is 0 Å². The summed E-state index contributed by atoms with van der Waals surface area (Å²) in [6, 6.07) is 21.7. The highest BCUT2D eigenvalue weighted by Gasteiger charge is 2.28. The molecule has 0 spiro atoms. The lowest BCUT2D eigenvalue weighted by Gasteiger charge is -2.06. The highest BCUT2D eigenvalue weighted by atomic mass is 79.9. The number of halogens is 1. The van der Waals surface area contributed by atoms with Gasteiger partial charge >= 0.3 is 0 Å². The van der Waals surface area contributed by atoms with Gasteiger partial charge in [-0.1, -0.05) is 54.6 Å². The molecule has 1 heterocycles. The quantitative estimate of drug-likeness (QED) is 0.472. The van der Waals surface area contributed by atoms with E-state index in [4.69, 9.17) is 0 Å². The number of benzene rings is 2. The van der Waals surface area contributed by atoms with Crippen LogP contribution >= 0.6 is 0 Å². The Hall–Kier alpha value is -1.93. The molecular formula is C20H18BrN. The first-order valence-corrected chi connectivity index (χ1v) is 7.47. The molecule has 0 saturated heterocycles. The molecule has 0 fully saturated rings. The molecule has 1 aliphatic rings. The summed E-state index contributed by atoms with van der Waals surface area (Å²) < 4.78 is 2.40. The average Bonchev–Trinajstić information content (AvgIpc) is 2.92. The molecule has 0 amide bonds. The standard InChI is InChI=1S/C20H18N.BrH/c1-15-11-12-21(14-16-7-3-2-4-8-16)19-13-17-9-5-6-10-18(17)20(15)19;/h2-12H,13-14H2,1H3;1H/q+1;/p-1. The first kappa shape index (κ1) is 15.0. The van der Waals surface area contributed by atoms with Gasteiger partial charge in [-0.2, -0.15) is 4.57 Å². The van der Waals surface area contributed by atoms with Gasteiger partial charge in [0.15, 0.2) is 18.4 Å². The van der Waals surface area contributed by atoms with Gasteiger partial charge in [-0.25, -0.2) is 0 Å². The summed E-state index contributed by atoms with van der Waals surface area (Å²) in [5, 5.41) is 0. The SMILES string of the molecule is Cc1cc[n+](Cc2ccccc2)c2c1-c1ccccc1C2.[Br-]. The maximum atomic E-state index is 2.40. The van der Waals surface area contributed by atoms with Crippen molar-refractivity contribution in [2.24, 2.45) is 0 Å². The first-order chi connectivity index (χ1) is 10.3. The van der Waals surface area contributed by atoms with Crippen LogP contribution in [0.5, 0.6) is 0 Å². The fourth-order valence-electron chi connectivity index (χ4n) is 3.33. The molecule has 1 nitrogen and oxygen atoms in total. The van der Waals surface area contributed by atoms with Gasteiger partial charge in [0, 0.05) is 11.6 Å². The van der Waals surface area contributed by atoms with Crippen molar-refractivity contribution in [1.29, 1.82) is 0 Å². The van der Waals surface area contributed by atoms with Crippen LogP contribution in [0, 0.1) is 6.92 Å². The molecule has 0 saturated carbocycles. The van der Waals surface area contributed by atoms with E-state index in [1.54, 1.807) is 0 Å². The molecule has 3 aromatic rings. The van der Waals surface area contributed by atoms with Crippen molar-refractivity contribution in [3.8, 4) is 11.1 Å². The number of hydrogen-bond acceptors (Lipinski definition) is 0. The minimum Gasteiger partial charge on any atom is -1.00 e. The maximum Gasteiger partial charge on any atom is 0.194 e. The van der Waals surface area contributed by atoms with Gasteiger partial charge in [0.2, 0.25) is 0 Å². The number of hydrogen-bond donors (Lipinski definition) is 0. The Balaban J connectivity index is 0.00000144. The predicted molar refractivity (Wildman–Crippen MR) is 85.2 cm³/mol. The Labute approximate surface area is 142 Å². The van der Waals surface area contributed by atoms with Crippen molar-refractivity contribution in [2.75, 3.05) is 0 Å². The van der Waals surface area contributed by atoms with E-state index in [0.29, 0.717) is 0 Å². The zero-order valence-electron chi connectivity index (χ0n) is 12.6. The van der Waals surface area contributed by atoms with E-state index >= 15 is 0 Å². The molecule has 0 aliphatic heterocycles. The second-order valence-electron chi connectivity index (χ2n) is 5.77. The third-order valence-electron chi connectivity index (χ3n) is 4.37. The molecule has 110 valence electrons. The van der Waals surface area contributed by atoms with Crippen LogP contribution in [0.4, 0.5) is 0 Å². The van der Waals surface area contributed by atoms with Gasteiger partial charge in [0.05, 0.1) is 12.0 Å². The number of aromatic nitrogens is 1.